The van der Waals surface area contributed by atoms with Gasteiger partial charge in [-0.05, 0) is 37.0 Å². The van der Waals surface area contributed by atoms with Crippen molar-refractivity contribution in [1.82, 2.24) is 0 Å². The summed E-state index contributed by atoms with van der Waals surface area (Å²) in [5.74, 6) is -1.09. The number of carboxylic acids is 1. The maximum atomic E-state index is 12.9. The van der Waals surface area contributed by atoms with E-state index in [9.17, 15) is 18.0 Å². The SMILES string of the molecule is C/C=C(\N=C(c1ccc(C#N)cc1)C(C)CC)C(F)(F)F.CC(C)C(=O)O. The number of nitriles is 1. The number of halogens is 3. The van der Waals surface area contributed by atoms with Crippen LogP contribution in [0.5, 0.6) is 0 Å². The predicted molar refractivity (Wildman–Crippen MR) is 99.4 cm³/mol. The highest BCUT2D eigenvalue weighted by molar-refractivity contribution is 6.02. The zero-order valence-electron chi connectivity index (χ0n) is 16.1. The lowest BCUT2D eigenvalue weighted by Gasteiger charge is -2.16. The van der Waals surface area contributed by atoms with Gasteiger partial charge < -0.3 is 5.11 Å². The maximum Gasteiger partial charge on any atom is 0.433 e. The van der Waals surface area contributed by atoms with Gasteiger partial charge in [0.1, 0.15) is 5.70 Å². The molecule has 0 radical (unpaired) electrons. The van der Waals surface area contributed by atoms with Crippen LogP contribution in [0, 0.1) is 23.2 Å². The molecule has 0 amide bonds. The van der Waals surface area contributed by atoms with E-state index in [1.807, 2.05) is 19.9 Å². The molecule has 7 heteroatoms. The van der Waals surface area contributed by atoms with Gasteiger partial charge in [0.2, 0.25) is 0 Å². The van der Waals surface area contributed by atoms with Crippen LogP contribution in [0.1, 0.15) is 52.2 Å². The zero-order valence-corrected chi connectivity index (χ0v) is 16.1. The molecule has 27 heavy (non-hydrogen) atoms. The summed E-state index contributed by atoms with van der Waals surface area (Å²) in [6, 6.07) is 8.40. The number of allylic oxidation sites excluding steroid dienone is 2. The second kappa shape index (κ2) is 11.2. The van der Waals surface area contributed by atoms with Crippen molar-refractivity contribution in [2.75, 3.05) is 0 Å². The number of rotatable bonds is 5. The van der Waals surface area contributed by atoms with Crippen LogP contribution in [-0.2, 0) is 4.79 Å². The molecule has 1 rings (SSSR count). The van der Waals surface area contributed by atoms with Gasteiger partial charge in [0.05, 0.1) is 23.3 Å². The second-order valence-corrected chi connectivity index (χ2v) is 6.16. The molecule has 0 spiro atoms. The van der Waals surface area contributed by atoms with Crippen LogP contribution in [0.2, 0.25) is 0 Å². The lowest BCUT2D eigenvalue weighted by atomic mass is 9.95. The summed E-state index contributed by atoms with van der Waals surface area (Å²) in [5.41, 5.74) is 0.547. The van der Waals surface area contributed by atoms with Crippen LogP contribution < -0.4 is 0 Å². The van der Waals surface area contributed by atoms with E-state index in [2.05, 4.69) is 4.99 Å². The minimum absolute atomic E-state index is 0.116. The van der Waals surface area contributed by atoms with Crippen LogP contribution in [-0.4, -0.2) is 23.0 Å². The predicted octanol–water partition coefficient (Wildman–Crippen LogP) is 5.59. The highest BCUT2D eigenvalue weighted by atomic mass is 19.4. The summed E-state index contributed by atoms with van der Waals surface area (Å²) in [5, 5.41) is 16.8. The average Bonchev–Trinajstić information content (AvgIpc) is 2.61. The van der Waals surface area contributed by atoms with Crippen LogP contribution in [0.15, 0.2) is 41.0 Å². The highest BCUT2D eigenvalue weighted by Gasteiger charge is 2.33. The number of carbonyl (C=O) groups is 1. The van der Waals surface area contributed by atoms with Crippen molar-refractivity contribution in [3.63, 3.8) is 0 Å². The Labute approximate surface area is 158 Å². The first-order valence-electron chi connectivity index (χ1n) is 8.53. The molecule has 0 saturated heterocycles. The van der Waals surface area contributed by atoms with E-state index in [1.165, 1.54) is 6.92 Å². The Kier molecular flexibility index (Phi) is 10.1. The molecule has 0 aliphatic rings. The van der Waals surface area contributed by atoms with E-state index in [0.29, 0.717) is 23.3 Å². The fraction of sp³-hybridized carbons (Fsp3) is 0.450. The number of aliphatic imine (C=N–C) groups is 1. The normalized spacial score (nSPS) is 13.5. The van der Waals surface area contributed by atoms with Gasteiger partial charge in [-0.25, -0.2) is 4.99 Å². The molecule has 0 bridgehead atoms. The van der Waals surface area contributed by atoms with Crippen LogP contribution in [0.3, 0.4) is 0 Å². The standard InChI is InChI=1S/C16H17F3N2.C4H8O2/c1-4-11(3)15(21-14(5-2)16(17,18)19)13-8-6-12(10-20)7-9-13;1-3(2)4(5)6/h5-9,11H,4H2,1-3H3;3H,1-2H3,(H,5,6)/b14-5-,21-15?;. The quantitative estimate of drug-likeness (QED) is 0.675. The molecule has 1 atom stereocenters. The molecule has 1 aromatic rings. The van der Waals surface area contributed by atoms with Crippen molar-refractivity contribution in [3.8, 4) is 6.07 Å². The van der Waals surface area contributed by atoms with E-state index >= 15 is 0 Å². The van der Waals surface area contributed by atoms with E-state index in [-0.39, 0.29) is 11.8 Å². The van der Waals surface area contributed by atoms with Gasteiger partial charge >= 0.3 is 12.1 Å². The highest BCUT2D eigenvalue weighted by Crippen LogP contribution is 2.28. The first-order chi connectivity index (χ1) is 12.5. The summed E-state index contributed by atoms with van der Waals surface area (Å²) in [6.07, 6.45) is -2.83. The number of nitrogens with zero attached hydrogens (tertiary/aromatic N) is 2. The third-order valence-corrected chi connectivity index (χ3v) is 3.69. The summed E-state index contributed by atoms with van der Waals surface area (Å²) >= 11 is 0. The van der Waals surface area contributed by atoms with Gasteiger partial charge in [0, 0.05) is 0 Å². The topological polar surface area (TPSA) is 73.5 Å². The van der Waals surface area contributed by atoms with Gasteiger partial charge in [-0.1, -0.05) is 45.9 Å². The minimum Gasteiger partial charge on any atom is -0.481 e. The van der Waals surface area contributed by atoms with Gasteiger partial charge in [-0.2, -0.15) is 18.4 Å². The number of hydrogen-bond acceptors (Lipinski definition) is 3. The molecule has 4 nitrogen and oxygen atoms in total. The van der Waals surface area contributed by atoms with Gasteiger partial charge in [-0.3, -0.25) is 4.79 Å². The fourth-order valence-electron chi connectivity index (χ4n) is 1.79. The third-order valence-electron chi connectivity index (χ3n) is 3.69. The Hall–Kier alpha value is -2.62. The molecule has 0 fully saturated rings. The molecule has 1 aromatic carbocycles. The second-order valence-electron chi connectivity index (χ2n) is 6.16. The van der Waals surface area contributed by atoms with Crippen molar-refractivity contribution in [2.45, 2.75) is 47.2 Å². The average molecular weight is 382 g/mol. The molecule has 148 valence electrons. The molecule has 0 aliphatic heterocycles. The molecular formula is C20H25F3N2O2. The summed E-state index contributed by atoms with van der Waals surface area (Å²) < 4.78 is 38.6. The Bertz CT molecular complexity index is 712. The first-order valence-corrected chi connectivity index (χ1v) is 8.53. The van der Waals surface area contributed by atoms with Crippen molar-refractivity contribution < 1.29 is 23.1 Å². The minimum atomic E-state index is -4.47. The Morgan fingerprint density at radius 1 is 1.26 bits per heavy atom. The Morgan fingerprint density at radius 3 is 2.04 bits per heavy atom. The number of benzene rings is 1. The van der Waals surface area contributed by atoms with E-state index in [1.54, 1.807) is 38.1 Å². The molecular weight excluding hydrogens is 357 g/mol. The van der Waals surface area contributed by atoms with Gasteiger partial charge in [0.25, 0.3) is 0 Å². The lowest BCUT2D eigenvalue weighted by molar-refractivity contribution is -0.140. The number of hydrogen-bond donors (Lipinski definition) is 1. The van der Waals surface area contributed by atoms with Crippen molar-refractivity contribution in [1.29, 1.82) is 5.26 Å². The Balaban J connectivity index is 0.000000972. The van der Waals surface area contributed by atoms with E-state index in [0.717, 1.165) is 6.08 Å². The molecule has 1 unspecified atom stereocenters. The van der Waals surface area contributed by atoms with E-state index < -0.39 is 17.8 Å². The summed E-state index contributed by atoms with van der Waals surface area (Å²) in [4.78, 5) is 13.5. The van der Waals surface area contributed by atoms with Crippen molar-refractivity contribution >= 4 is 11.7 Å². The third kappa shape index (κ3) is 8.54. The number of alkyl halides is 3. The molecule has 0 aliphatic carbocycles. The number of carboxylic acid groups (broad SMARTS) is 1. The first kappa shape index (κ1) is 24.4. The zero-order chi connectivity index (χ0) is 21.2. The molecule has 1 N–H and O–H groups in total. The summed E-state index contributed by atoms with van der Waals surface area (Å²) in [6.45, 7) is 8.33. The van der Waals surface area contributed by atoms with Gasteiger partial charge in [-0.15, -0.1) is 0 Å². The largest absolute Gasteiger partial charge is 0.481 e. The molecule has 0 saturated carbocycles. The monoisotopic (exact) mass is 382 g/mol. The van der Waals surface area contributed by atoms with E-state index in [4.69, 9.17) is 10.4 Å². The fourth-order valence-corrected chi connectivity index (χ4v) is 1.79. The van der Waals surface area contributed by atoms with Crippen LogP contribution >= 0.6 is 0 Å². The maximum absolute atomic E-state index is 12.9. The number of aliphatic carboxylic acids is 1. The Morgan fingerprint density at radius 2 is 1.74 bits per heavy atom. The van der Waals surface area contributed by atoms with Crippen LogP contribution in [0.4, 0.5) is 13.2 Å². The van der Waals surface area contributed by atoms with Crippen molar-refractivity contribution in [2.24, 2.45) is 16.8 Å². The van der Waals surface area contributed by atoms with Crippen LogP contribution in [0.25, 0.3) is 0 Å². The molecule has 0 heterocycles. The lowest BCUT2D eigenvalue weighted by Crippen LogP contribution is -2.17. The molecule has 0 aromatic heterocycles. The summed E-state index contributed by atoms with van der Waals surface area (Å²) in [7, 11) is 0. The van der Waals surface area contributed by atoms with Gasteiger partial charge in [0.15, 0.2) is 0 Å². The van der Waals surface area contributed by atoms with Crippen molar-refractivity contribution in [3.05, 3.63) is 47.2 Å². The smallest absolute Gasteiger partial charge is 0.433 e.